The summed E-state index contributed by atoms with van der Waals surface area (Å²) in [5.74, 6) is -1.22. The topological polar surface area (TPSA) is 37.3 Å². The van der Waals surface area contributed by atoms with Gasteiger partial charge in [-0.15, -0.1) is 0 Å². The summed E-state index contributed by atoms with van der Waals surface area (Å²) in [6, 6.07) is 4.05. The number of carbonyl (C=O) groups is 1. The summed E-state index contributed by atoms with van der Waals surface area (Å²) in [6.07, 6.45) is 3.74. The van der Waals surface area contributed by atoms with Gasteiger partial charge in [0.2, 0.25) is 0 Å². The van der Waals surface area contributed by atoms with Gasteiger partial charge in [-0.1, -0.05) is 23.8 Å². The molecule has 0 aromatic heterocycles. The van der Waals surface area contributed by atoms with E-state index in [4.69, 9.17) is 16.7 Å². The van der Waals surface area contributed by atoms with E-state index in [2.05, 4.69) is 0 Å². The molecule has 0 aliphatic heterocycles. The Balaban J connectivity index is 2.63. The van der Waals surface area contributed by atoms with Crippen LogP contribution in [0.2, 0.25) is 5.02 Å². The summed E-state index contributed by atoms with van der Waals surface area (Å²) in [5, 5.41) is 8.84. The maximum absolute atomic E-state index is 12.8. The molecule has 0 amide bonds. The van der Waals surface area contributed by atoms with E-state index >= 15 is 0 Å². The number of rotatable bonds is 4. The quantitative estimate of drug-likeness (QED) is 0.858. The van der Waals surface area contributed by atoms with Gasteiger partial charge in [-0.3, -0.25) is 4.79 Å². The molecular weight excluding hydrogens is 219 g/mol. The minimum Gasteiger partial charge on any atom is -0.481 e. The molecule has 0 unspecified atom stereocenters. The lowest BCUT2D eigenvalue weighted by atomic mass is 10.2. The molecule has 0 saturated carbocycles. The fraction of sp³-hybridized carbons (Fsp3) is 0.182. The lowest BCUT2D eigenvalue weighted by Gasteiger charge is -1.97. The third-order valence-corrected chi connectivity index (χ3v) is 2.12. The highest BCUT2D eigenvalue weighted by Crippen LogP contribution is 2.18. The summed E-state index contributed by atoms with van der Waals surface area (Å²) in [7, 11) is 0. The van der Waals surface area contributed by atoms with Crippen LogP contribution in [0.25, 0.3) is 6.08 Å². The van der Waals surface area contributed by atoms with Crippen molar-refractivity contribution in [3.05, 3.63) is 40.7 Å². The fourth-order valence-electron chi connectivity index (χ4n) is 1.06. The molecule has 0 aliphatic carbocycles. The zero-order valence-corrected chi connectivity index (χ0v) is 8.67. The molecule has 4 heteroatoms. The predicted molar refractivity (Wildman–Crippen MR) is 57.3 cm³/mol. The van der Waals surface area contributed by atoms with E-state index < -0.39 is 5.97 Å². The largest absolute Gasteiger partial charge is 0.481 e. The molecule has 0 fully saturated rings. The average Bonchev–Trinajstić information content (AvgIpc) is 2.17. The van der Waals surface area contributed by atoms with Crippen molar-refractivity contribution in [2.75, 3.05) is 0 Å². The molecule has 0 aliphatic rings. The molecule has 80 valence electrons. The van der Waals surface area contributed by atoms with E-state index in [-0.39, 0.29) is 12.2 Å². The lowest BCUT2D eigenvalue weighted by Crippen LogP contribution is -1.91. The first-order valence-corrected chi connectivity index (χ1v) is 4.81. The molecular formula is C11H10ClFO2. The molecule has 0 bridgehead atoms. The minimum absolute atomic E-state index is 0.0590. The Bertz CT molecular complexity index is 388. The van der Waals surface area contributed by atoms with Crippen molar-refractivity contribution in [2.24, 2.45) is 0 Å². The first-order valence-electron chi connectivity index (χ1n) is 4.43. The summed E-state index contributed by atoms with van der Waals surface area (Å²) in [4.78, 5) is 10.2. The highest BCUT2D eigenvalue weighted by Gasteiger charge is 1.98. The van der Waals surface area contributed by atoms with E-state index in [0.717, 1.165) is 0 Å². The van der Waals surface area contributed by atoms with Crippen LogP contribution in [0.15, 0.2) is 24.3 Å². The second-order valence-corrected chi connectivity index (χ2v) is 3.41. The maximum Gasteiger partial charge on any atom is 0.303 e. The molecule has 15 heavy (non-hydrogen) atoms. The molecule has 0 spiro atoms. The van der Waals surface area contributed by atoms with Gasteiger partial charge in [0, 0.05) is 11.4 Å². The number of allylic oxidation sites excluding steroid dienone is 1. The van der Waals surface area contributed by atoms with Gasteiger partial charge in [0.15, 0.2) is 0 Å². The van der Waals surface area contributed by atoms with E-state index in [1.54, 1.807) is 12.2 Å². The normalized spacial score (nSPS) is 10.8. The number of benzene rings is 1. The Hall–Kier alpha value is -1.35. The summed E-state index contributed by atoms with van der Waals surface area (Å²) >= 11 is 5.80. The standard InChI is InChI=1S/C11H10ClFO2/c12-10-6-5-9(13)7-8(10)3-1-2-4-11(14)15/h1,3,5-7H,2,4H2,(H,14,15). The molecule has 2 nitrogen and oxygen atoms in total. The van der Waals surface area contributed by atoms with Gasteiger partial charge in [-0.05, 0) is 30.2 Å². The number of halogens is 2. The maximum atomic E-state index is 12.8. The van der Waals surface area contributed by atoms with Crippen LogP contribution in [0.1, 0.15) is 18.4 Å². The van der Waals surface area contributed by atoms with E-state index in [1.807, 2.05) is 0 Å². The predicted octanol–water partition coefficient (Wildman–Crippen LogP) is 3.36. The van der Waals surface area contributed by atoms with Crippen molar-refractivity contribution in [2.45, 2.75) is 12.8 Å². The number of carboxylic acids is 1. The van der Waals surface area contributed by atoms with Crippen LogP contribution < -0.4 is 0 Å². The van der Waals surface area contributed by atoms with Crippen molar-refractivity contribution in [1.29, 1.82) is 0 Å². The Morgan fingerprint density at radius 1 is 1.53 bits per heavy atom. The van der Waals surface area contributed by atoms with Gasteiger partial charge in [0.25, 0.3) is 0 Å². The van der Waals surface area contributed by atoms with Crippen molar-refractivity contribution in [1.82, 2.24) is 0 Å². The van der Waals surface area contributed by atoms with Crippen LogP contribution in [-0.4, -0.2) is 11.1 Å². The highest BCUT2D eigenvalue weighted by atomic mass is 35.5. The van der Waals surface area contributed by atoms with E-state index in [1.165, 1.54) is 18.2 Å². The van der Waals surface area contributed by atoms with Crippen molar-refractivity contribution in [3.8, 4) is 0 Å². The zero-order chi connectivity index (χ0) is 11.3. The molecule has 0 heterocycles. The Morgan fingerprint density at radius 3 is 2.93 bits per heavy atom. The van der Waals surface area contributed by atoms with Crippen LogP contribution in [0, 0.1) is 5.82 Å². The van der Waals surface area contributed by atoms with Crippen molar-refractivity contribution >= 4 is 23.6 Å². The smallest absolute Gasteiger partial charge is 0.303 e. The molecule has 0 saturated heterocycles. The molecule has 1 aromatic rings. The highest BCUT2D eigenvalue weighted by molar-refractivity contribution is 6.32. The van der Waals surface area contributed by atoms with Gasteiger partial charge in [0.1, 0.15) is 5.82 Å². The van der Waals surface area contributed by atoms with Gasteiger partial charge in [0.05, 0.1) is 0 Å². The average molecular weight is 229 g/mol. The molecule has 0 atom stereocenters. The van der Waals surface area contributed by atoms with Gasteiger partial charge in [-0.25, -0.2) is 4.39 Å². The van der Waals surface area contributed by atoms with Gasteiger partial charge in [-0.2, -0.15) is 0 Å². The first kappa shape index (κ1) is 11.7. The third-order valence-electron chi connectivity index (χ3n) is 1.78. The fourth-order valence-corrected chi connectivity index (χ4v) is 1.24. The molecule has 1 rings (SSSR count). The number of aliphatic carboxylic acids is 1. The number of hydrogen-bond donors (Lipinski definition) is 1. The van der Waals surface area contributed by atoms with Crippen LogP contribution >= 0.6 is 11.6 Å². The SMILES string of the molecule is O=C(O)CCC=Cc1cc(F)ccc1Cl. The second-order valence-electron chi connectivity index (χ2n) is 3.00. The van der Waals surface area contributed by atoms with Gasteiger partial charge < -0.3 is 5.11 Å². The molecule has 0 radical (unpaired) electrons. The third kappa shape index (κ3) is 4.13. The van der Waals surface area contributed by atoms with Gasteiger partial charge >= 0.3 is 5.97 Å². The van der Waals surface area contributed by atoms with Crippen LogP contribution in [-0.2, 0) is 4.79 Å². The Labute approximate surface area is 92.0 Å². The van der Waals surface area contributed by atoms with E-state index in [0.29, 0.717) is 17.0 Å². The minimum atomic E-state index is -0.856. The van der Waals surface area contributed by atoms with Crippen LogP contribution in [0.4, 0.5) is 4.39 Å². The summed E-state index contributed by atoms with van der Waals surface area (Å²) in [5.41, 5.74) is 0.557. The first-order chi connectivity index (χ1) is 7.09. The van der Waals surface area contributed by atoms with Crippen molar-refractivity contribution in [3.63, 3.8) is 0 Å². The van der Waals surface area contributed by atoms with Crippen molar-refractivity contribution < 1.29 is 14.3 Å². The lowest BCUT2D eigenvalue weighted by molar-refractivity contribution is -0.136. The molecule has 1 aromatic carbocycles. The Morgan fingerprint density at radius 2 is 2.27 bits per heavy atom. The van der Waals surface area contributed by atoms with Crippen LogP contribution in [0.3, 0.4) is 0 Å². The molecule has 1 N–H and O–H groups in total. The number of carboxylic acid groups (broad SMARTS) is 1. The Kier molecular flexibility index (Phi) is 4.31. The van der Waals surface area contributed by atoms with Crippen LogP contribution in [0.5, 0.6) is 0 Å². The monoisotopic (exact) mass is 228 g/mol. The second kappa shape index (κ2) is 5.51. The number of hydrogen-bond acceptors (Lipinski definition) is 1. The van der Waals surface area contributed by atoms with E-state index in [9.17, 15) is 9.18 Å². The summed E-state index contributed by atoms with van der Waals surface area (Å²) < 4.78 is 12.8. The zero-order valence-electron chi connectivity index (χ0n) is 7.91. The summed E-state index contributed by atoms with van der Waals surface area (Å²) in [6.45, 7) is 0.